The molecular formula is C26H22S2. The topological polar surface area (TPSA) is 0 Å². The summed E-state index contributed by atoms with van der Waals surface area (Å²) in [5.41, 5.74) is 7.75. The summed E-state index contributed by atoms with van der Waals surface area (Å²) in [7, 11) is 3.66. The molecule has 0 fully saturated rings. The van der Waals surface area contributed by atoms with Gasteiger partial charge in [0.1, 0.15) is 0 Å². The molecule has 2 heteroatoms. The number of rotatable bonds is 5. The van der Waals surface area contributed by atoms with Crippen LogP contribution < -0.4 is 0 Å². The molecule has 4 aromatic carbocycles. The summed E-state index contributed by atoms with van der Waals surface area (Å²) in [5.74, 6) is 0. The van der Waals surface area contributed by atoms with Gasteiger partial charge in [0.2, 0.25) is 0 Å². The Balaban J connectivity index is 1.48. The maximum Gasteiger partial charge on any atom is 0.0215 e. The average Bonchev–Trinajstić information content (AvgIpc) is 2.74. The fourth-order valence-corrected chi connectivity index (χ4v) is 5.55. The van der Waals surface area contributed by atoms with Crippen molar-refractivity contribution in [3.63, 3.8) is 0 Å². The Morgan fingerprint density at radius 2 is 1.18 bits per heavy atom. The molecule has 0 radical (unpaired) electrons. The zero-order valence-electron chi connectivity index (χ0n) is 16.1. The molecule has 0 N–H and O–H groups in total. The van der Waals surface area contributed by atoms with Crippen LogP contribution in [-0.4, -0.2) is 0 Å². The van der Waals surface area contributed by atoms with Gasteiger partial charge in [-0.1, -0.05) is 100 Å². The molecule has 0 aliphatic rings. The van der Waals surface area contributed by atoms with E-state index in [1.54, 1.807) is 0 Å². The first kappa shape index (κ1) is 18.9. The van der Waals surface area contributed by atoms with Crippen LogP contribution >= 0.6 is 21.6 Å². The lowest BCUT2D eigenvalue weighted by molar-refractivity contribution is 1.31. The van der Waals surface area contributed by atoms with Gasteiger partial charge in [-0.15, -0.1) is 0 Å². The standard InChI is InChI=1S/C26H22S2/c1-19-18-24(14-15-25(19)22-11-7-4-8-12-22)27-28-26-16-13-23(17-20(26)2)21-9-5-3-6-10-21/h3-18H,1-2H3. The number of benzene rings is 4. The second-order valence-electron chi connectivity index (χ2n) is 6.86. The maximum atomic E-state index is 2.29. The fourth-order valence-electron chi connectivity index (χ4n) is 3.28. The third-order valence-electron chi connectivity index (χ3n) is 4.79. The molecule has 28 heavy (non-hydrogen) atoms. The van der Waals surface area contributed by atoms with Gasteiger partial charge >= 0.3 is 0 Å². The summed E-state index contributed by atoms with van der Waals surface area (Å²) in [5, 5.41) is 0. The Labute approximate surface area is 175 Å². The average molecular weight is 399 g/mol. The van der Waals surface area contributed by atoms with Gasteiger partial charge in [-0.3, -0.25) is 0 Å². The monoisotopic (exact) mass is 398 g/mol. The first-order valence-electron chi connectivity index (χ1n) is 9.37. The van der Waals surface area contributed by atoms with Crippen molar-refractivity contribution in [2.24, 2.45) is 0 Å². The SMILES string of the molecule is Cc1cc(-c2ccccc2)ccc1SSc1ccc(-c2ccccc2)c(C)c1. The molecule has 0 bridgehead atoms. The van der Waals surface area contributed by atoms with E-state index in [0.29, 0.717) is 0 Å². The fraction of sp³-hybridized carbons (Fsp3) is 0.0769. The molecule has 138 valence electrons. The highest BCUT2D eigenvalue weighted by Crippen LogP contribution is 2.41. The van der Waals surface area contributed by atoms with Crippen molar-refractivity contribution in [1.82, 2.24) is 0 Å². The van der Waals surface area contributed by atoms with Gasteiger partial charge in [0.05, 0.1) is 0 Å². The van der Waals surface area contributed by atoms with Crippen LogP contribution in [0.5, 0.6) is 0 Å². The van der Waals surface area contributed by atoms with Crippen molar-refractivity contribution in [2.45, 2.75) is 23.6 Å². The summed E-state index contributed by atoms with van der Waals surface area (Å²) < 4.78 is 0. The maximum absolute atomic E-state index is 2.29. The number of aryl methyl sites for hydroxylation is 2. The Hall–Kier alpha value is -2.42. The summed E-state index contributed by atoms with van der Waals surface area (Å²) in [6.45, 7) is 4.38. The second-order valence-corrected chi connectivity index (χ2v) is 9.10. The molecule has 0 unspecified atom stereocenters. The molecule has 0 nitrogen and oxygen atoms in total. The lowest BCUT2D eigenvalue weighted by Gasteiger charge is -2.10. The molecule has 0 amide bonds. The smallest absolute Gasteiger partial charge is 0.0215 e. The molecule has 0 atom stereocenters. The van der Waals surface area contributed by atoms with Crippen molar-refractivity contribution in [3.05, 3.63) is 108 Å². The lowest BCUT2D eigenvalue weighted by Crippen LogP contribution is -1.84. The van der Waals surface area contributed by atoms with E-state index in [9.17, 15) is 0 Å². The number of hydrogen-bond acceptors (Lipinski definition) is 2. The number of hydrogen-bond donors (Lipinski definition) is 0. The zero-order chi connectivity index (χ0) is 19.3. The molecule has 0 saturated carbocycles. The summed E-state index contributed by atoms with van der Waals surface area (Å²) in [4.78, 5) is 2.60. The van der Waals surface area contributed by atoms with E-state index in [-0.39, 0.29) is 0 Å². The normalized spacial score (nSPS) is 10.8. The molecule has 0 aromatic heterocycles. The van der Waals surface area contributed by atoms with Gasteiger partial charge in [-0.2, -0.15) is 0 Å². The molecule has 0 spiro atoms. The largest absolute Gasteiger partial charge is 0.0622 e. The summed E-state index contributed by atoms with van der Waals surface area (Å²) in [6.07, 6.45) is 0. The molecule has 0 heterocycles. The Morgan fingerprint density at radius 3 is 1.82 bits per heavy atom. The van der Waals surface area contributed by atoms with Crippen LogP contribution in [0.25, 0.3) is 22.3 Å². The molecule has 4 aromatic rings. The van der Waals surface area contributed by atoms with Gasteiger partial charge in [0.15, 0.2) is 0 Å². The van der Waals surface area contributed by atoms with Gasteiger partial charge in [-0.05, 0) is 65.4 Å². The Morgan fingerprint density at radius 1 is 0.500 bits per heavy atom. The minimum atomic E-state index is 1.27. The quantitative estimate of drug-likeness (QED) is 0.309. The van der Waals surface area contributed by atoms with Crippen LogP contribution in [-0.2, 0) is 0 Å². The van der Waals surface area contributed by atoms with E-state index >= 15 is 0 Å². The van der Waals surface area contributed by atoms with E-state index < -0.39 is 0 Å². The van der Waals surface area contributed by atoms with Gasteiger partial charge in [0.25, 0.3) is 0 Å². The highest BCUT2D eigenvalue weighted by atomic mass is 33.1. The minimum Gasteiger partial charge on any atom is -0.0622 e. The van der Waals surface area contributed by atoms with E-state index in [1.165, 1.54) is 43.2 Å². The highest BCUT2D eigenvalue weighted by Gasteiger charge is 2.07. The van der Waals surface area contributed by atoms with E-state index in [1.807, 2.05) is 21.6 Å². The second kappa shape index (κ2) is 8.72. The van der Waals surface area contributed by atoms with E-state index in [4.69, 9.17) is 0 Å². The molecular weight excluding hydrogens is 376 g/mol. The third-order valence-corrected chi connectivity index (χ3v) is 7.33. The van der Waals surface area contributed by atoms with Crippen molar-refractivity contribution in [2.75, 3.05) is 0 Å². The van der Waals surface area contributed by atoms with Crippen LogP contribution in [0.3, 0.4) is 0 Å². The van der Waals surface area contributed by atoms with E-state index in [2.05, 4.69) is 111 Å². The molecule has 0 saturated heterocycles. The third kappa shape index (κ3) is 4.35. The molecule has 0 aliphatic carbocycles. The first-order chi connectivity index (χ1) is 13.7. The van der Waals surface area contributed by atoms with E-state index in [0.717, 1.165) is 0 Å². The van der Waals surface area contributed by atoms with Crippen molar-refractivity contribution >= 4 is 21.6 Å². The van der Waals surface area contributed by atoms with Crippen LogP contribution in [0.4, 0.5) is 0 Å². The molecule has 4 rings (SSSR count). The molecule has 0 aliphatic heterocycles. The predicted molar refractivity (Wildman–Crippen MR) is 125 cm³/mol. The predicted octanol–water partition coefficient (Wildman–Crippen LogP) is 8.44. The highest BCUT2D eigenvalue weighted by molar-refractivity contribution is 8.76. The van der Waals surface area contributed by atoms with Crippen LogP contribution in [0.1, 0.15) is 11.1 Å². The van der Waals surface area contributed by atoms with Gasteiger partial charge < -0.3 is 0 Å². The Bertz CT molecular complexity index is 1070. The van der Waals surface area contributed by atoms with Crippen molar-refractivity contribution in [3.8, 4) is 22.3 Å². The summed E-state index contributed by atoms with van der Waals surface area (Å²) >= 11 is 0. The lowest BCUT2D eigenvalue weighted by atomic mass is 10.0. The van der Waals surface area contributed by atoms with Gasteiger partial charge in [0, 0.05) is 9.79 Å². The van der Waals surface area contributed by atoms with Crippen LogP contribution in [0.2, 0.25) is 0 Å². The van der Waals surface area contributed by atoms with Crippen LogP contribution in [0.15, 0.2) is 107 Å². The van der Waals surface area contributed by atoms with Crippen LogP contribution in [0, 0.1) is 13.8 Å². The first-order valence-corrected chi connectivity index (χ1v) is 11.5. The van der Waals surface area contributed by atoms with Crippen molar-refractivity contribution in [1.29, 1.82) is 0 Å². The van der Waals surface area contributed by atoms with Crippen molar-refractivity contribution < 1.29 is 0 Å². The summed E-state index contributed by atoms with van der Waals surface area (Å²) in [6, 6.07) is 34.6. The zero-order valence-corrected chi connectivity index (χ0v) is 17.7. The van der Waals surface area contributed by atoms with Gasteiger partial charge in [-0.25, -0.2) is 0 Å². The Kier molecular flexibility index (Phi) is 5.90. The minimum absolute atomic E-state index is 1.27.